The van der Waals surface area contributed by atoms with E-state index in [4.69, 9.17) is 4.74 Å². The standard InChI is InChI=1S/C13H20N2O3/c1-18-10-12(16)7-8-14-13(17)9-15-11-5-3-2-4-6-11/h2-6,12,15-16H,7-10H2,1H3,(H,14,17). The van der Waals surface area contributed by atoms with Gasteiger partial charge >= 0.3 is 0 Å². The molecule has 0 saturated heterocycles. The minimum absolute atomic E-state index is 0.0940. The van der Waals surface area contributed by atoms with Crippen LogP contribution in [0.15, 0.2) is 30.3 Å². The molecule has 0 fully saturated rings. The van der Waals surface area contributed by atoms with E-state index in [1.165, 1.54) is 7.11 Å². The van der Waals surface area contributed by atoms with Crippen LogP contribution in [0.4, 0.5) is 5.69 Å². The van der Waals surface area contributed by atoms with Crippen LogP contribution in [-0.2, 0) is 9.53 Å². The fourth-order valence-corrected chi connectivity index (χ4v) is 1.45. The number of carbonyl (C=O) groups excluding carboxylic acids is 1. The largest absolute Gasteiger partial charge is 0.391 e. The third-order valence-electron chi connectivity index (χ3n) is 2.39. The Labute approximate surface area is 107 Å². The lowest BCUT2D eigenvalue weighted by Crippen LogP contribution is -2.32. The molecule has 1 unspecified atom stereocenters. The van der Waals surface area contributed by atoms with Crippen LogP contribution in [0, 0.1) is 0 Å². The van der Waals surface area contributed by atoms with Crippen molar-refractivity contribution in [3.05, 3.63) is 30.3 Å². The van der Waals surface area contributed by atoms with Gasteiger partial charge in [0.25, 0.3) is 0 Å². The Morgan fingerprint density at radius 2 is 2.11 bits per heavy atom. The molecule has 1 aromatic rings. The van der Waals surface area contributed by atoms with E-state index in [0.717, 1.165) is 5.69 Å². The van der Waals surface area contributed by atoms with Gasteiger partial charge in [-0.25, -0.2) is 0 Å². The van der Waals surface area contributed by atoms with Crippen molar-refractivity contribution < 1.29 is 14.6 Å². The number of benzene rings is 1. The number of amides is 1. The second-order valence-corrected chi connectivity index (χ2v) is 3.97. The van der Waals surface area contributed by atoms with E-state index in [9.17, 15) is 9.90 Å². The molecule has 1 amide bonds. The number of rotatable bonds is 8. The predicted molar refractivity (Wildman–Crippen MR) is 70.4 cm³/mol. The average molecular weight is 252 g/mol. The van der Waals surface area contributed by atoms with Gasteiger partial charge in [0.1, 0.15) is 0 Å². The molecule has 0 radical (unpaired) electrons. The minimum atomic E-state index is -0.530. The smallest absolute Gasteiger partial charge is 0.239 e. The summed E-state index contributed by atoms with van der Waals surface area (Å²) >= 11 is 0. The molecule has 0 aromatic heterocycles. The van der Waals surface area contributed by atoms with Crippen molar-refractivity contribution in [2.75, 3.05) is 32.1 Å². The molecule has 1 rings (SSSR count). The van der Waals surface area contributed by atoms with E-state index in [1.54, 1.807) is 0 Å². The van der Waals surface area contributed by atoms with Gasteiger partial charge in [0.15, 0.2) is 0 Å². The van der Waals surface area contributed by atoms with Crippen LogP contribution in [0.2, 0.25) is 0 Å². The van der Waals surface area contributed by atoms with Gasteiger partial charge in [-0.15, -0.1) is 0 Å². The van der Waals surface area contributed by atoms with Crippen molar-refractivity contribution in [1.82, 2.24) is 5.32 Å². The van der Waals surface area contributed by atoms with Gasteiger partial charge in [-0.2, -0.15) is 0 Å². The second-order valence-electron chi connectivity index (χ2n) is 3.97. The predicted octanol–water partition coefficient (Wildman–Crippen LogP) is 0.612. The van der Waals surface area contributed by atoms with Gasteiger partial charge in [-0.3, -0.25) is 4.79 Å². The van der Waals surface area contributed by atoms with Gasteiger partial charge < -0.3 is 20.5 Å². The highest BCUT2D eigenvalue weighted by atomic mass is 16.5. The quantitative estimate of drug-likeness (QED) is 0.634. The summed E-state index contributed by atoms with van der Waals surface area (Å²) in [6, 6.07) is 9.52. The zero-order valence-electron chi connectivity index (χ0n) is 10.6. The van der Waals surface area contributed by atoms with Crippen molar-refractivity contribution in [3.63, 3.8) is 0 Å². The number of aliphatic hydroxyl groups is 1. The Morgan fingerprint density at radius 1 is 1.39 bits per heavy atom. The molecular formula is C13H20N2O3. The van der Waals surface area contributed by atoms with Gasteiger partial charge in [-0.05, 0) is 18.6 Å². The van der Waals surface area contributed by atoms with Gasteiger partial charge in [0.05, 0.1) is 19.3 Å². The summed E-state index contributed by atoms with van der Waals surface area (Å²) < 4.78 is 4.79. The Morgan fingerprint density at radius 3 is 2.78 bits per heavy atom. The summed E-state index contributed by atoms with van der Waals surface area (Å²) in [7, 11) is 1.53. The average Bonchev–Trinajstić information content (AvgIpc) is 2.38. The maximum atomic E-state index is 11.5. The molecule has 5 heteroatoms. The molecule has 0 aliphatic rings. The monoisotopic (exact) mass is 252 g/mol. The SMILES string of the molecule is COCC(O)CCNC(=O)CNc1ccccc1. The normalized spacial score (nSPS) is 11.9. The van der Waals surface area contributed by atoms with Crippen molar-refractivity contribution in [3.8, 4) is 0 Å². The van der Waals surface area contributed by atoms with E-state index < -0.39 is 6.10 Å². The number of ether oxygens (including phenoxy) is 1. The summed E-state index contributed by atoms with van der Waals surface area (Å²) in [5.74, 6) is -0.0940. The molecule has 0 saturated carbocycles. The third-order valence-corrected chi connectivity index (χ3v) is 2.39. The van der Waals surface area contributed by atoms with Crippen molar-refractivity contribution in [2.24, 2.45) is 0 Å². The maximum absolute atomic E-state index is 11.5. The topological polar surface area (TPSA) is 70.6 Å². The molecule has 0 heterocycles. The first kappa shape index (κ1) is 14.5. The van der Waals surface area contributed by atoms with Crippen LogP contribution in [-0.4, -0.2) is 43.9 Å². The maximum Gasteiger partial charge on any atom is 0.239 e. The van der Waals surface area contributed by atoms with E-state index in [1.807, 2.05) is 30.3 Å². The first-order valence-corrected chi connectivity index (χ1v) is 5.95. The molecule has 1 atom stereocenters. The lowest BCUT2D eigenvalue weighted by atomic mass is 10.2. The number of carbonyl (C=O) groups is 1. The summed E-state index contributed by atoms with van der Waals surface area (Å²) in [5, 5.41) is 15.1. The third kappa shape index (κ3) is 6.22. The Hall–Kier alpha value is -1.59. The zero-order valence-corrected chi connectivity index (χ0v) is 10.6. The lowest BCUT2D eigenvalue weighted by molar-refractivity contribution is -0.119. The van der Waals surface area contributed by atoms with Crippen molar-refractivity contribution >= 4 is 11.6 Å². The molecule has 3 N–H and O–H groups in total. The minimum Gasteiger partial charge on any atom is -0.391 e. The van der Waals surface area contributed by atoms with Crippen LogP contribution >= 0.6 is 0 Å². The van der Waals surface area contributed by atoms with Gasteiger partial charge in [-0.1, -0.05) is 18.2 Å². The molecule has 0 spiro atoms. The first-order valence-electron chi connectivity index (χ1n) is 5.95. The number of methoxy groups -OCH3 is 1. The summed E-state index contributed by atoms with van der Waals surface area (Å²) in [5.41, 5.74) is 0.909. The lowest BCUT2D eigenvalue weighted by Gasteiger charge is -2.10. The number of para-hydroxylation sites is 1. The zero-order chi connectivity index (χ0) is 13.2. The Kier molecular flexibility index (Phi) is 6.83. The summed E-state index contributed by atoms with van der Waals surface area (Å²) in [4.78, 5) is 11.5. The van der Waals surface area contributed by atoms with E-state index in [0.29, 0.717) is 13.0 Å². The first-order chi connectivity index (χ1) is 8.72. The summed E-state index contributed by atoms with van der Waals surface area (Å²) in [6.45, 7) is 0.961. The van der Waals surface area contributed by atoms with Crippen molar-refractivity contribution in [1.29, 1.82) is 0 Å². The summed E-state index contributed by atoms with van der Waals surface area (Å²) in [6.07, 6.45) is -0.0392. The Bertz CT molecular complexity index is 343. The number of hydrogen-bond acceptors (Lipinski definition) is 4. The fourth-order valence-electron chi connectivity index (χ4n) is 1.45. The molecule has 0 aliphatic carbocycles. The molecule has 0 bridgehead atoms. The van der Waals surface area contributed by atoms with Gasteiger partial charge in [0.2, 0.25) is 5.91 Å². The number of aliphatic hydroxyl groups excluding tert-OH is 1. The number of anilines is 1. The van der Waals surface area contributed by atoms with Crippen LogP contribution in [0.1, 0.15) is 6.42 Å². The highest BCUT2D eigenvalue weighted by Crippen LogP contribution is 2.03. The van der Waals surface area contributed by atoms with Crippen LogP contribution in [0.25, 0.3) is 0 Å². The van der Waals surface area contributed by atoms with Crippen LogP contribution < -0.4 is 10.6 Å². The highest BCUT2D eigenvalue weighted by Gasteiger charge is 2.05. The Balaban J connectivity index is 2.11. The van der Waals surface area contributed by atoms with E-state index in [2.05, 4.69) is 10.6 Å². The molecule has 100 valence electrons. The van der Waals surface area contributed by atoms with Gasteiger partial charge in [0, 0.05) is 19.3 Å². The number of hydrogen-bond donors (Lipinski definition) is 3. The van der Waals surface area contributed by atoms with Crippen LogP contribution in [0.5, 0.6) is 0 Å². The highest BCUT2D eigenvalue weighted by molar-refractivity contribution is 5.80. The molecular weight excluding hydrogens is 232 g/mol. The van der Waals surface area contributed by atoms with Crippen LogP contribution in [0.3, 0.4) is 0 Å². The number of nitrogens with one attached hydrogen (secondary N) is 2. The molecule has 1 aromatic carbocycles. The second kappa shape index (κ2) is 8.49. The fraction of sp³-hybridized carbons (Fsp3) is 0.462. The molecule has 0 aliphatic heterocycles. The molecule has 5 nitrogen and oxygen atoms in total. The van der Waals surface area contributed by atoms with E-state index in [-0.39, 0.29) is 19.1 Å². The van der Waals surface area contributed by atoms with E-state index >= 15 is 0 Å². The van der Waals surface area contributed by atoms with Crippen molar-refractivity contribution in [2.45, 2.75) is 12.5 Å². The molecule has 18 heavy (non-hydrogen) atoms.